The number of hydrogen-bond donors (Lipinski definition) is 1. The summed E-state index contributed by atoms with van der Waals surface area (Å²) < 4.78 is 16.3. The van der Waals surface area contributed by atoms with Crippen LogP contribution in [0.5, 0.6) is 0 Å². The van der Waals surface area contributed by atoms with Crippen LogP contribution in [-0.4, -0.2) is 65.3 Å². The molecule has 0 radical (unpaired) electrons. The highest BCUT2D eigenvalue weighted by Crippen LogP contribution is 2.30. The summed E-state index contributed by atoms with van der Waals surface area (Å²) in [6.07, 6.45) is 4.71. The van der Waals surface area contributed by atoms with Crippen molar-refractivity contribution >= 4 is 0 Å². The van der Waals surface area contributed by atoms with Crippen LogP contribution in [0.4, 0.5) is 0 Å². The van der Waals surface area contributed by atoms with E-state index in [0.29, 0.717) is 25.6 Å². The largest absolute Gasteiger partial charge is 0.389 e. The number of aromatic nitrogens is 2. The Labute approximate surface area is 136 Å². The Morgan fingerprint density at radius 3 is 3.04 bits per heavy atom. The lowest BCUT2D eigenvalue weighted by molar-refractivity contribution is -0.0264. The van der Waals surface area contributed by atoms with Crippen LogP contribution < -0.4 is 0 Å². The third-order valence-corrected chi connectivity index (χ3v) is 4.53. The summed E-state index contributed by atoms with van der Waals surface area (Å²) in [5.41, 5.74) is 0. The number of nitrogens with zero attached hydrogens (tertiary/aromatic N) is 3. The van der Waals surface area contributed by atoms with Crippen molar-refractivity contribution < 1.29 is 19.1 Å². The zero-order valence-electron chi connectivity index (χ0n) is 13.8. The predicted octanol–water partition coefficient (Wildman–Crippen LogP) is 1.33. The first-order valence-corrected chi connectivity index (χ1v) is 8.70. The normalized spacial score (nSPS) is 26.9. The molecule has 7 nitrogen and oxygen atoms in total. The number of aliphatic hydroxyl groups is 1. The standard InChI is InChI=1S/C16H27N3O4/c1-2-15-17-16(18-23-15)14-6-3-7-19(14)9-12(20)10-21-11-13-5-4-8-22-13/h12-14,20H,2-11H2,1H3/t12-,13+,14-/m0/s1. The zero-order valence-corrected chi connectivity index (χ0v) is 13.8. The Morgan fingerprint density at radius 1 is 1.39 bits per heavy atom. The Hall–Kier alpha value is -1.02. The van der Waals surface area contributed by atoms with E-state index in [4.69, 9.17) is 14.0 Å². The SMILES string of the molecule is CCc1nc([C@@H]2CCCN2C[C@H](O)COC[C@H]2CCCO2)no1. The van der Waals surface area contributed by atoms with Gasteiger partial charge < -0.3 is 19.1 Å². The van der Waals surface area contributed by atoms with Gasteiger partial charge in [-0.3, -0.25) is 4.90 Å². The molecule has 2 fully saturated rings. The smallest absolute Gasteiger partial charge is 0.226 e. The summed E-state index contributed by atoms with van der Waals surface area (Å²) in [7, 11) is 0. The molecular weight excluding hydrogens is 298 g/mol. The van der Waals surface area contributed by atoms with Gasteiger partial charge in [0, 0.05) is 19.6 Å². The van der Waals surface area contributed by atoms with Crippen molar-refractivity contribution in [3.8, 4) is 0 Å². The van der Waals surface area contributed by atoms with E-state index in [2.05, 4.69) is 15.0 Å². The molecule has 0 aliphatic carbocycles. The minimum absolute atomic E-state index is 0.145. The molecule has 23 heavy (non-hydrogen) atoms. The predicted molar refractivity (Wildman–Crippen MR) is 83.0 cm³/mol. The van der Waals surface area contributed by atoms with Gasteiger partial charge in [0.1, 0.15) is 0 Å². The molecule has 0 saturated carbocycles. The van der Waals surface area contributed by atoms with Crippen LogP contribution in [0.2, 0.25) is 0 Å². The van der Waals surface area contributed by atoms with E-state index in [0.717, 1.165) is 51.1 Å². The second-order valence-corrected chi connectivity index (χ2v) is 6.38. The average molecular weight is 325 g/mol. The summed E-state index contributed by atoms with van der Waals surface area (Å²) >= 11 is 0. The number of likely N-dealkylation sites (tertiary alicyclic amines) is 1. The fraction of sp³-hybridized carbons (Fsp3) is 0.875. The minimum atomic E-state index is -0.505. The van der Waals surface area contributed by atoms with Gasteiger partial charge >= 0.3 is 0 Å². The van der Waals surface area contributed by atoms with Gasteiger partial charge in [0.05, 0.1) is 31.5 Å². The van der Waals surface area contributed by atoms with Gasteiger partial charge in [-0.1, -0.05) is 12.1 Å². The van der Waals surface area contributed by atoms with Crippen molar-refractivity contribution in [3.63, 3.8) is 0 Å². The third-order valence-electron chi connectivity index (χ3n) is 4.53. The molecule has 2 aliphatic heterocycles. The number of β-amino-alcohol motifs (C(OH)–C–C–N with tert-alkyl or cyclic N) is 1. The second-order valence-electron chi connectivity index (χ2n) is 6.38. The van der Waals surface area contributed by atoms with Gasteiger partial charge in [0.25, 0.3) is 0 Å². The maximum Gasteiger partial charge on any atom is 0.226 e. The lowest BCUT2D eigenvalue weighted by atomic mass is 10.2. The van der Waals surface area contributed by atoms with Gasteiger partial charge in [-0.05, 0) is 32.2 Å². The molecule has 0 unspecified atom stereocenters. The first kappa shape index (κ1) is 16.8. The zero-order chi connectivity index (χ0) is 16.1. The Balaban J connectivity index is 1.43. The van der Waals surface area contributed by atoms with E-state index < -0.39 is 6.10 Å². The molecule has 1 N–H and O–H groups in total. The molecule has 2 saturated heterocycles. The topological polar surface area (TPSA) is 80.9 Å². The van der Waals surface area contributed by atoms with Crippen molar-refractivity contribution in [2.75, 3.05) is 32.9 Å². The molecule has 3 rings (SSSR count). The van der Waals surface area contributed by atoms with Crippen LogP contribution in [-0.2, 0) is 15.9 Å². The van der Waals surface area contributed by atoms with Crippen LogP contribution in [0.3, 0.4) is 0 Å². The molecule has 1 aromatic heterocycles. The highest BCUT2D eigenvalue weighted by molar-refractivity contribution is 4.98. The second kappa shape index (κ2) is 8.19. The molecule has 3 heterocycles. The first-order chi connectivity index (χ1) is 11.3. The summed E-state index contributed by atoms with van der Waals surface area (Å²) in [6.45, 7) is 5.27. The van der Waals surface area contributed by atoms with Gasteiger partial charge in [-0.2, -0.15) is 4.98 Å². The molecule has 0 spiro atoms. The monoisotopic (exact) mass is 325 g/mol. The quantitative estimate of drug-likeness (QED) is 0.772. The maximum absolute atomic E-state index is 10.2. The molecule has 7 heteroatoms. The van der Waals surface area contributed by atoms with Crippen LogP contribution in [0.25, 0.3) is 0 Å². The van der Waals surface area contributed by atoms with Crippen LogP contribution in [0.15, 0.2) is 4.52 Å². The van der Waals surface area contributed by atoms with Crippen LogP contribution in [0.1, 0.15) is 50.4 Å². The lowest BCUT2D eigenvalue weighted by Gasteiger charge is -2.24. The van der Waals surface area contributed by atoms with E-state index >= 15 is 0 Å². The summed E-state index contributed by atoms with van der Waals surface area (Å²) in [4.78, 5) is 6.66. The Morgan fingerprint density at radius 2 is 2.30 bits per heavy atom. The minimum Gasteiger partial charge on any atom is -0.389 e. The van der Waals surface area contributed by atoms with Crippen molar-refractivity contribution in [2.24, 2.45) is 0 Å². The van der Waals surface area contributed by atoms with E-state index in [1.807, 2.05) is 6.92 Å². The van der Waals surface area contributed by atoms with E-state index in [9.17, 15) is 5.11 Å². The number of aryl methyl sites for hydroxylation is 1. The summed E-state index contributed by atoms with van der Waals surface area (Å²) in [5, 5.41) is 14.3. The van der Waals surface area contributed by atoms with Crippen molar-refractivity contribution in [2.45, 2.75) is 57.3 Å². The van der Waals surface area contributed by atoms with Crippen molar-refractivity contribution in [1.82, 2.24) is 15.0 Å². The van der Waals surface area contributed by atoms with Gasteiger partial charge in [-0.25, -0.2) is 0 Å². The van der Waals surface area contributed by atoms with Gasteiger partial charge in [0.15, 0.2) is 5.82 Å². The Kier molecular flexibility index (Phi) is 5.99. The summed E-state index contributed by atoms with van der Waals surface area (Å²) in [5.74, 6) is 1.42. The lowest BCUT2D eigenvalue weighted by Crippen LogP contribution is -2.35. The molecule has 2 aliphatic rings. The molecule has 0 amide bonds. The maximum atomic E-state index is 10.2. The molecule has 0 aromatic carbocycles. The molecule has 1 aromatic rings. The Bertz CT molecular complexity index is 476. The van der Waals surface area contributed by atoms with E-state index in [1.54, 1.807) is 0 Å². The molecule has 3 atom stereocenters. The van der Waals surface area contributed by atoms with Gasteiger partial charge in [0.2, 0.25) is 5.89 Å². The van der Waals surface area contributed by atoms with Crippen LogP contribution >= 0.6 is 0 Å². The van der Waals surface area contributed by atoms with Crippen molar-refractivity contribution in [3.05, 3.63) is 11.7 Å². The summed E-state index contributed by atoms with van der Waals surface area (Å²) in [6, 6.07) is 0.145. The number of aliphatic hydroxyl groups excluding tert-OH is 1. The highest BCUT2D eigenvalue weighted by atomic mass is 16.5. The number of ether oxygens (including phenoxy) is 2. The average Bonchev–Trinajstić information content (AvgIpc) is 3.28. The molecule has 130 valence electrons. The molecule has 0 bridgehead atoms. The highest BCUT2D eigenvalue weighted by Gasteiger charge is 2.31. The molecular formula is C16H27N3O4. The fourth-order valence-corrected chi connectivity index (χ4v) is 3.32. The van der Waals surface area contributed by atoms with Gasteiger partial charge in [-0.15, -0.1) is 0 Å². The number of rotatable bonds is 8. The van der Waals surface area contributed by atoms with Crippen molar-refractivity contribution in [1.29, 1.82) is 0 Å². The first-order valence-electron chi connectivity index (χ1n) is 8.70. The third kappa shape index (κ3) is 4.50. The van der Waals surface area contributed by atoms with E-state index in [-0.39, 0.29) is 12.1 Å². The number of hydrogen-bond acceptors (Lipinski definition) is 7. The fourth-order valence-electron chi connectivity index (χ4n) is 3.32. The van der Waals surface area contributed by atoms with Crippen LogP contribution in [0, 0.1) is 0 Å². The van der Waals surface area contributed by atoms with E-state index in [1.165, 1.54) is 0 Å².